The van der Waals surface area contributed by atoms with E-state index in [2.05, 4.69) is 20.8 Å². The van der Waals surface area contributed by atoms with Gasteiger partial charge in [-0.15, -0.1) is 0 Å². The van der Waals surface area contributed by atoms with Gasteiger partial charge in [-0.3, -0.25) is 14.4 Å². The Hall–Kier alpha value is -1.59. The van der Waals surface area contributed by atoms with Crippen molar-refractivity contribution in [2.45, 2.75) is 393 Å². The SMILES string of the molecule is CCCCCCCCCCCCCCCCCCCCCCCCCCCCCCCCCCCC(=O)OCC(COC(=O)CCCCCCCC)OC(=O)CCCCCCCCCCCCCCCCC. The Morgan fingerprint density at radius 3 is 0.556 bits per heavy atom. The number of carbonyl (C=O) groups excluding carboxylic acids is 3. The summed E-state index contributed by atoms with van der Waals surface area (Å²) in [4.78, 5) is 37.9. The van der Waals surface area contributed by atoms with Gasteiger partial charge in [0.2, 0.25) is 0 Å². The van der Waals surface area contributed by atoms with Crippen LogP contribution >= 0.6 is 0 Å². The Morgan fingerprint density at radius 1 is 0.222 bits per heavy atom. The number of carbonyl (C=O) groups is 3. The Bertz CT molecular complexity index is 1080. The highest BCUT2D eigenvalue weighted by atomic mass is 16.6. The molecule has 428 valence electrons. The van der Waals surface area contributed by atoms with Crippen molar-refractivity contribution in [2.75, 3.05) is 13.2 Å². The smallest absolute Gasteiger partial charge is 0.306 e. The highest BCUT2D eigenvalue weighted by Gasteiger charge is 2.19. The fourth-order valence-corrected chi connectivity index (χ4v) is 10.4. The Labute approximate surface area is 450 Å². The fourth-order valence-electron chi connectivity index (χ4n) is 10.4. The second-order valence-electron chi connectivity index (χ2n) is 22.8. The molecule has 0 aliphatic heterocycles. The summed E-state index contributed by atoms with van der Waals surface area (Å²) in [5.41, 5.74) is 0. The molecule has 6 heteroatoms. The third-order valence-electron chi connectivity index (χ3n) is 15.4. The molecule has 0 radical (unpaired) electrons. The first kappa shape index (κ1) is 70.4. The highest BCUT2D eigenvalue weighted by molar-refractivity contribution is 5.71. The normalized spacial score (nSPS) is 11.9. The van der Waals surface area contributed by atoms with Gasteiger partial charge in [0.25, 0.3) is 0 Å². The van der Waals surface area contributed by atoms with E-state index in [0.717, 1.165) is 57.8 Å². The van der Waals surface area contributed by atoms with E-state index in [1.165, 1.54) is 289 Å². The van der Waals surface area contributed by atoms with Crippen LogP contribution in [0.2, 0.25) is 0 Å². The highest BCUT2D eigenvalue weighted by Crippen LogP contribution is 2.19. The van der Waals surface area contributed by atoms with Gasteiger partial charge < -0.3 is 14.2 Å². The first-order valence-electron chi connectivity index (χ1n) is 33.0. The van der Waals surface area contributed by atoms with Crippen molar-refractivity contribution in [1.82, 2.24) is 0 Å². The first-order valence-corrected chi connectivity index (χ1v) is 33.0. The molecule has 72 heavy (non-hydrogen) atoms. The largest absolute Gasteiger partial charge is 0.462 e. The number of hydrogen-bond donors (Lipinski definition) is 0. The molecular formula is C66H128O6. The van der Waals surface area contributed by atoms with Gasteiger partial charge in [-0.2, -0.15) is 0 Å². The molecule has 0 saturated carbocycles. The molecule has 0 bridgehead atoms. The summed E-state index contributed by atoms with van der Waals surface area (Å²) < 4.78 is 16.8. The molecule has 0 aromatic heterocycles. The van der Waals surface area contributed by atoms with Crippen LogP contribution in [-0.2, 0) is 28.6 Å². The molecule has 1 atom stereocenters. The third kappa shape index (κ3) is 59.3. The number of ether oxygens (including phenoxy) is 3. The molecule has 0 aliphatic carbocycles. The minimum atomic E-state index is -0.760. The number of hydrogen-bond acceptors (Lipinski definition) is 6. The summed E-state index contributed by atoms with van der Waals surface area (Å²) in [6.07, 6.45) is 71.8. The van der Waals surface area contributed by atoms with E-state index >= 15 is 0 Å². The summed E-state index contributed by atoms with van der Waals surface area (Å²) in [6, 6.07) is 0. The van der Waals surface area contributed by atoms with E-state index in [4.69, 9.17) is 14.2 Å². The quantitative estimate of drug-likeness (QED) is 0.0343. The minimum Gasteiger partial charge on any atom is -0.462 e. The lowest BCUT2D eigenvalue weighted by Gasteiger charge is -2.18. The average molecular weight is 1020 g/mol. The Balaban J connectivity index is 3.86. The molecule has 0 aliphatic rings. The van der Waals surface area contributed by atoms with Gasteiger partial charge in [-0.1, -0.05) is 348 Å². The molecule has 6 nitrogen and oxygen atoms in total. The van der Waals surface area contributed by atoms with E-state index < -0.39 is 6.10 Å². The maximum atomic E-state index is 12.8. The van der Waals surface area contributed by atoms with E-state index in [0.29, 0.717) is 19.3 Å². The molecule has 0 aromatic carbocycles. The van der Waals surface area contributed by atoms with Crippen LogP contribution in [0.15, 0.2) is 0 Å². The second-order valence-corrected chi connectivity index (χ2v) is 22.8. The summed E-state index contributed by atoms with van der Waals surface area (Å²) in [7, 11) is 0. The molecule has 0 spiro atoms. The van der Waals surface area contributed by atoms with Crippen LogP contribution in [0, 0.1) is 0 Å². The van der Waals surface area contributed by atoms with Crippen molar-refractivity contribution < 1.29 is 28.6 Å². The van der Waals surface area contributed by atoms with Crippen LogP contribution < -0.4 is 0 Å². The average Bonchev–Trinajstić information content (AvgIpc) is 3.38. The van der Waals surface area contributed by atoms with E-state index in [1.54, 1.807) is 0 Å². The molecular weight excluding hydrogens is 889 g/mol. The van der Waals surface area contributed by atoms with Gasteiger partial charge in [0.05, 0.1) is 0 Å². The van der Waals surface area contributed by atoms with Crippen LogP contribution in [0.25, 0.3) is 0 Å². The van der Waals surface area contributed by atoms with Gasteiger partial charge in [-0.25, -0.2) is 0 Å². The summed E-state index contributed by atoms with van der Waals surface area (Å²) in [5.74, 6) is -0.844. The van der Waals surface area contributed by atoms with Crippen molar-refractivity contribution in [3.05, 3.63) is 0 Å². The lowest BCUT2D eigenvalue weighted by molar-refractivity contribution is -0.167. The topological polar surface area (TPSA) is 78.9 Å². The zero-order valence-corrected chi connectivity index (χ0v) is 49.2. The molecule has 0 fully saturated rings. The summed E-state index contributed by atoms with van der Waals surface area (Å²) in [6.45, 7) is 6.65. The number of unbranched alkanes of at least 4 members (excludes halogenated alkanes) is 51. The van der Waals surface area contributed by atoms with Gasteiger partial charge in [0.15, 0.2) is 6.10 Å². The first-order chi connectivity index (χ1) is 35.5. The Kier molecular flexibility index (Phi) is 60.6. The fraction of sp³-hybridized carbons (Fsp3) is 0.955. The molecule has 0 amide bonds. The van der Waals surface area contributed by atoms with Crippen molar-refractivity contribution in [3.8, 4) is 0 Å². The molecule has 1 unspecified atom stereocenters. The lowest BCUT2D eigenvalue weighted by Crippen LogP contribution is -2.30. The van der Waals surface area contributed by atoms with Crippen LogP contribution in [0.5, 0.6) is 0 Å². The maximum absolute atomic E-state index is 12.8. The second kappa shape index (κ2) is 62.0. The summed E-state index contributed by atoms with van der Waals surface area (Å²) >= 11 is 0. The van der Waals surface area contributed by atoms with Crippen LogP contribution in [-0.4, -0.2) is 37.2 Å². The van der Waals surface area contributed by atoms with Crippen LogP contribution in [0.1, 0.15) is 387 Å². The maximum Gasteiger partial charge on any atom is 0.306 e. The third-order valence-corrected chi connectivity index (χ3v) is 15.4. The molecule has 0 heterocycles. The van der Waals surface area contributed by atoms with Gasteiger partial charge in [0, 0.05) is 19.3 Å². The minimum absolute atomic E-state index is 0.0621. The predicted octanol–water partition coefficient (Wildman–Crippen LogP) is 22.3. The Morgan fingerprint density at radius 2 is 0.375 bits per heavy atom. The zero-order valence-electron chi connectivity index (χ0n) is 49.2. The van der Waals surface area contributed by atoms with Crippen molar-refractivity contribution in [1.29, 1.82) is 0 Å². The van der Waals surface area contributed by atoms with Crippen LogP contribution in [0.3, 0.4) is 0 Å². The van der Waals surface area contributed by atoms with Crippen LogP contribution in [0.4, 0.5) is 0 Å². The lowest BCUT2D eigenvalue weighted by atomic mass is 10.0. The van der Waals surface area contributed by atoms with Crippen molar-refractivity contribution in [3.63, 3.8) is 0 Å². The zero-order chi connectivity index (χ0) is 52.2. The van der Waals surface area contributed by atoms with Crippen molar-refractivity contribution >= 4 is 17.9 Å². The number of esters is 3. The molecule has 0 aromatic rings. The van der Waals surface area contributed by atoms with Gasteiger partial charge in [-0.05, 0) is 19.3 Å². The van der Waals surface area contributed by atoms with E-state index in [1.807, 2.05) is 0 Å². The standard InChI is InChI=1S/C66H128O6/c1-4-7-10-13-16-18-20-22-24-25-26-27-28-29-30-31-32-33-34-35-36-37-38-39-40-41-43-44-46-48-50-53-56-59-65(68)71-62-63(61-70-64(67)58-55-52-15-12-9-6-3)72-66(69)60-57-54-51-49-47-45-42-23-21-19-17-14-11-8-5-2/h63H,4-62H2,1-3H3. The van der Waals surface area contributed by atoms with Gasteiger partial charge >= 0.3 is 17.9 Å². The molecule has 0 rings (SSSR count). The molecule has 0 saturated heterocycles. The van der Waals surface area contributed by atoms with E-state index in [-0.39, 0.29) is 31.1 Å². The van der Waals surface area contributed by atoms with E-state index in [9.17, 15) is 14.4 Å². The number of rotatable bonds is 62. The van der Waals surface area contributed by atoms with Crippen molar-refractivity contribution in [2.24, 2.45) is 0 Å². The monoisotopic (exact) mass is 1020 g/mol. The van der Waals surface area contributed by atoms with Gasteiger partial charge in [0.1, 0.15) is 13.2 Å². The predicted molar refractivity (Wildman–Crippen MR) is 312 cm³/mol. The molecule has 0 N–H and O–H groups in total. The summed E-state index contributed by atoms with van der Waals surface area (Å²) in [5, 5.41) is 0.